The Hall–Kier alpha value is -1.43. The van der Waals surface area contributed by atoms with Crippen molar-refractivity contribution in [3.8, 4) is 0 Å². The van der Waals surface area contributed by atoms with Crippen LogP contribution in [0.2, 0.25) is 0 Å². The van der Waals surface area contributed by atoms with Gasteiger partial charge in [-0.15, -0.1) is 0 Å². The molecule has 4 N–H and O–H groups in total. The minimum Gasteiger partial charge on any atom is -0.400 e. The van der Waals surface area contributed by atoms with Gasteiger partial charge >= 0.3 is 0 Å². The SMILES string of the molecule is CO.N[C@H](C(=O)N1CCCC1)[C@H](O)c1ccccc1. The van der Waals surface area contributed by atoms with Crippen LogP contribution in [0.15, 0.2) is 30.3 Å². The molecule has 2 atom stereocenters. The van der Waals surface area contributed by atoms with Crippen LogP contribution in [0.25, 0.3) is 0 Å². The van der Waals surface area contributed by atoms with Crippen molar-refractivity contribution in [2.75, 3.05) is 20.2 Å². The summed E-state index contributed by atoms with van der Waals surface area (Å²) in [6.07, 6.45) is 1.13. The Balaban J connectivity index is 0.000000861. The Morgan fingerprint density at radius 3 is 2.26 bits per heavy atom. The third-order valence-corrected chi connectivity index (χ3v) is 3.18. The lowest BCUT2D eigenvalue weighted by Gasteiger charge is -2.24. The molecule has 1 aliphatic heterocycles. The summed E-state index contributed by atoms with van der Waals surface area (Å²) in [4.78, 5) is 13.7. The summed E-state index contributed by atoms with van der Waals surface area (Å²) in [5.74, 6) is -0.154. The molecule has 1 amide bonds. The summed E-state index contributed by atoms with van der Waals surface area (Å²) < 4.78 is 0. The lowest BCUT2D eigenvalue weighted by Crippen LogP contribution is -2.45. The smallest absolute Gasteiger partial charge is 0.242 e. The molecule has 1 fully saturated rings. The Kier molecular flexibility index (Phi) is 6.49. The van der Waals surface area contributed by atoms with E-state index in [1.54, 1.807) is 17.0 Å². The van der Waals surface area contributed by atoms with Gasteiger partial charge in [-0.2, -0.15) is 0 Å². The highest BCUT2D eigenvalue weighted by Gasteiger charge is 2.29. The van der Waals surface area contributed by atoms with E-state index in [1.165, 1.54) is 0 Å². The highest BCUT2D eigenvalue weighted by Crippen LogP contribution is 2.18. The standard InChI is InChI=1S/C13H18N2O2.CH4O/c14-11(13(17)15-8-4-5-9-15)12(16)10-6-2-1-3-7-10;1-2/h1-3,6-7,11-12,16H,4-5,8-9,14H2;2H,1H3/t11-,12+;/m0./s1. The highest BCUT2D eigenvalue weighted by atomic mass is 16.3. The summed E-state index contributed by atoms with van der Waals surface area (Å²) in [7, 11) is 1.00. The van der Waals surface area contributed by atoms with Gasteiger partial charge in [0.25, 0.3) is 0 Å². The fraction of sp³-hybridized carbons (Fsp3) is 0.500. The van der Waals surface area contributed by atoms with Gasteiger partial charge in [0.1, 0.15) is 12.1 Å². The molecule has 0 aromatic heterocycles. The second-order valence-electron chi connectivity index (χ2n) is 4.41. The second-order valence-corrected chi connectivity index (χ2v) is 4.41. The number of nitrogens with zero attached hydrogens (tertiary/aromatic N) is 1. The summed E-state index contributed by atoms with van der Waals surface area (Å²) in [5.41, 5.74) is 6.52. The van der Waals surface area contributed by atoms with Crippen molar-refractivity contribution in [3.05, 3.63) is 35.9 Å². The van der Waals surface area contributed by atoms with Crippen LogP contribution in [-0.4, -0.2) is 47.3 Å². The van der Waals surface area contributed by atoms with E-state index in [1.807, 2.05) is 18.2 Å². The maximum atomic E-state index is 12.0. The highest BCUT2D eigenvalue weighted by molar-refractivity contribution is 5.82. The van der Waals surface area contributed by atoms with E-state index in [4.69, 9.17) is 10.8 Å². The average molecular weight is 266 g/mol. The molecule has 0 spiro atoms. The van der Waals surface area contributed by atoms with Crippen molar-refractivity contribution >= 4 is 5.91 Å². The van der Waals surface area contributed by atoms with Gasteiger partial charge in [-0.25, -0.2) is 0 Å². The summed E-state index contributed by atoms with van der Waals surface area (Å²) in [5, 5.41) is 17.0. The maximum Gasteiger partial charge on any atom is 0.242 e. The number of aliphatic hydroxyl groups is 2. The van der Waals surface area contributed by atoms with E-state index in [0.29, 0.717) is 5.56 Å². The number of rotatable bonds is 3. The average Bonchev–Trinajstić information content (AvgIpc) is 3.02. The van der Waals surface area contributed by atoms with Crippen LogP contribution in [0.3, 0.4) is 0 Å². The molecule has 5 heteroatoms. The quantitative estimate of drug-likeness (QED) is 0.733. The fourth-order valence-electron chi connectivity index (χ4n) is 2.14. The molecule has 19 heavy (non-hydrogen) atoms. The van der Waals surface area contributed by atoms with Gasteiger partial charge in [0.2, 0.25) is 5.91 Å². The van der Waals surface area contributed by atoms with Gasteiger partial charge in [0, 0.05) is 20.2 Å². The molecule has 2 rings (SSSR count). The number of hydrogen-bond acceptors (Lipinski definition) is 4. The Labute approximate surface area is 113 Å². The van der Waals surface area contributed by atoms with Gasteiger partial charge in [-0.05, 0) is 18.4 Å². The number of nitrogens with two attached hydrogens (primary N) is 1. The maximum absolute atomic E-state index is 12.0. The van der Waals surface area contributed by atoms with Crippen LogP contribution in [0.1, 0.15) is 24.5 Å². The molecule has 5 nitrogen and oxygen atoms in total. The van der Waals surface area contributed by atoms with Crippen LogP contribution in [0.5, 0.6) is 0 Å². The first-order valence-corrected chi connectivity index (χ1v) is 6.42. The minimum absolute atomic E-state index is 0.154. The van der Waals surface area contributed by atoms with E-state index in [0.717, 1.165) is 33.0 Å². The minimum atomic E-state index is -0.927. The van der Waals surface area contributed by atoms with E-state index >= 15 is 0 Å². The molecule has 1 saturated heterocycles. The predicted molar refractivity (Wildman–Crippen MR) is 73.3 cm³/mol. The molecule has 1 aliphatic rings. The first-order valence-electron chi connectivity index (χ1n) is 6.42. The van der Waals surface area contributed by atoms with Crippen LogP contribution in [0, 0.1) is 0 Å². The van der Waals surface area contributed by atoms with Crippen LogP contribution in [-0.2, 0) is 4.79 Å². The molecule has 1 aromatic rings. The van der Waals surface area contributed by atoms with Crippen LogP contribution in [0.4, 0.5) is 0 Å². The first-order chi connectivity index (χ1) is 9.20. The third kappa shape index (κ3) is 4.02. The number of carbonyl (C=O) groups is 1. The molecule has 0 unspecified atom stereocenters. The number of carbonyl (C=O) groups excluding carboxylic acids is 1. The van der Waals surface area contributed by atoms with Gasteiger partial charge in [0.05, 0.1) is 0 Å². The van der Waals surface area contributed by atoms with Crippen molar-refractivity contribution in [3.63, 3.8) is 0 Å². The zero-order chi connectivity index (χ0) is 14.3. The monoisotopic (exact) mass is 266 g/mol. The summed E-state index contributed by atoms with van der Waals surface area (Å²) >= 11 is 0. The van der Waals surface area contributed by atoms with Gasteiger partial charge < -0.3 is 20.8 Å². The van der Waals surface area contributed by atoms with Crippen molar-refractivity contribution in [1.82, 2.24) is 4.90 Å². The van der Waals surface area contributed by atoms with Crippen LogP contribution < -0.4 is 5.73 Å². The molecule has 0 saturated carbocycles. The molecular weight excluding hydrogens is 244 g/mol. The summed E-state index contributed by atoms with van der Waals surface area (Å²) in [6.45, 7) is 1.52. The predicted octanol–water partition coefficient (Wildman–Crippen LogP) is 0.278. The van der Waals surface area contributed by atoms with Gasteiger partial charge in [-0.3, -0.25) is 4.79 Å². The molecule has 106 valence electrons. The number of aliphatic hydroxyl groups excluding tert-OH is 2. The van der Waals surface area contributed by atoms with E-state index in [-0.39, 0.29) is 5.91 Å². The Morgan fingerprint density at radius 2 is 1.74 bits per heavy atom. The van der Waals surface area contributed by atoms with Crippen molar-refractivity contribution in [1.29, 1.82) is 0 Å². The third-order valence-electron chi connectivity index (χ3n) is 3.18. The molecule has 0 aliphatic carbocycles. The molecular formula is C14H22N2O3. The normalized spacial score (nSPS) is 17.4. The fourth-order valence-corrected chi connectivity index (χ4v) is 2.14. The van der Waals surface area contributed by atoms with E-state index in [2.05, 4.69) is 0 Å². The zero-order valence-electron chi connectivity index (χ0n) is 11.2. The molecule has 0 bridgehead atoms. The van der Waals surface area contributed by atoms with Gasteiger partial charge in [0.15, 0.2) is 0 Å². The number of benzene rings is 1. The lowest BCUT2D eigenvalue weighted by molar-refractivity contribution is -0.134. The van der Waals surface area contributed by atoms with Crippen molar-refractivity contribution in [2.24, 2.45) is 5.73 Å². The van der Waals surface area contributed by atoms with E-state index in [9.17, 15) is 9.90 Å². The topological polar surface area (TPSA) is 86.8 Å². The van der Waals surface area contributed by atoms with E-state index < -0.39 is 12.1 Å². The summed E-state index contributed by atoms with van der Waals surface area (Å²) in [6, 6.07) is 8.21. The first kappa shape index (κ1) is 15.6. The van der Waals surface area contributed by atoms with Crippen molar-refractivity contribution in [2.45, 2.75) is 25.0 Å². The number of likely N-dealkylation sites (tertiary alicyclic amines) is 1. The zero-order valence-corrected chi connectivity index (χ0v) is 11.2. The number of amides is 1. The molecule has 0 radical (unpaired) electrons. The molecule has 1 aromatic carbocycles. The second kappa shape index (κ2) is 7.89. The Morgan fingerprint density at radius 1 is 1.21 bits per heavy atom. The molecule has 1 heterocycles. The number of hydrogen-bond donors (Lipinski definition) is 3. The van der Waals surface area contributed by atoms with Crippen LogP contribution >= 0.6 is 0 Å². The largest absolute Gasteiger partial charge is 0.400 e. The van der Waals surface area contributed by atoms with Crippen molar-refractivity contribution < 1.29 is 15.0 Å². The Bertz CT molecular complexity index is 378. The van der Waals surface area contributed by atoms with Gasteiger partial charge in [-0.1, -0.05) is 30.3 Å². The lowest BCUT2D eigenvalue weighted by atomic mass is 10.0.